The zero-order valence-electron chi connectivity index (χ0n) is 10.5. The van der Waals surface area contributed by atoms with Crippen molar-refractivity contribution in [3.05, 3.63) is 33.8 Å². The summed E-state index contributed by atoms with van der Waals surface area (Å²) in [7, 11) is 0. The quantitative estimate of drug-likeness (QED) is 0.855. The predicted octanol–water partition coefficient (Wildman–Crippen LogP) is 2.57. The first-order valence-corrected chi connectivity index (χ1v) is 7.59. The molecule has 0 aliphatic heterocycles. The first kappa shape index (κ1) is 16.4. The number of amides is 1. The molecule has 0 spiro atoms. The van der Waals surface area contributed by atoms with Crippen molar-refractivity contribution in [2.45, 2.75) is 12.5 Å². The van der Waals surface area contributed by atoms with Gasteiger partial charge < -0.3 is 10.4 Å². The predicted molar refractivity (Wildman–Crippen MR) is 75.4 cm³/mol. The molecule has 3 nitrogen and oxygen atoms in total. The molecule has 0 saturated heterocycles. The van der Waals surface area contributed by atoms with E-state index in [-0.39, 0.29) is 11.0 Å². The second kappa shape index (κ2) is 6.67. The Kier molecular flexibility index (Phi) is 5.76. The van der Waals surface area contributed by atoms with Gasteiger partial charge in [-0.25, -0.2) is 8.78 Å². The van der Waals surface area contributed by atoms with Gasteiger partial charge in [0.05, 0.1) is 5.60 Å². The molecule has 0 bridgehead atoms. The van der Waals surface area contributed by atoms with Crippen LogP contribution in [0.4, 0.5) is 8.78 Å². The van der Waals surface area contributed by atoms with Crippen molar-refractivity contribution in [3.8, 4) is 0 Å². The minimum atomic E-state index is -1.13. The highest BCUT2D eigenvalue weighted by Gasteiger charge is 2.23. The highest BCUT2D eigenvalue weighted by Crippen LogP contribution is 2.19. The van der Waals surface area contributed by atoms with Gasteiger partial charge in [-0.2, -0.15) is 11.8 Å². The number of nitrogens with one attached hydrogen (secondary N) is 1. The summed E-state index contributed by atoms with van der Waals surface area (Å²) in [5.41, 5.74) is -1.78. The fourth-order valence-corrected chi connectivity index (χ4v) is 2.61. The smallest absolute Gasteiger partial charge is 0.257 e. The van der Waals surface area contributed by atoms with Crippen LogP contribution in [0.25, 0.3) is 0 Å². The summed E-state index contributed by atoms with van der Waals surface area (Å²) in [6, 6.07) is 2.02. The zero-order chi connectivity index (χ0) is 14.6. The molecule has 7 heteroatoms. The molecule has 0 fully saturated rings. The van der Waals surface area contributed by atoms with Gasteiger partial charge in [0.15, 0.2) is 0 Å². The van der Waals surface area contributed by atoms with Crippen molar-refractivity contribution >= 4 is 33.6 Å². The van der Waals surface area contributed by atoms with E-state index >= 15 is 0 Å². The lowest BCUT2D eigenvalue weighted by atomic mass is 10.1. The summed E-state index contributed by atoms with van der Waals surface area (Å²) in [5.74, 6) is -2.38. The molecule has 106 valence electrons. The number of rotatable bonds is 5. The molecule has 0 aliphatic carbocycles. The fraction of sp³-hybridized carbons (Fsp3) is 0.417. The first-order chi connectivity index (χ1) is 8.76. The van der Waals surface area contributed by atoms with E-state index in [4.69, 9.17) is 0 Å². The standard InChI is InChI=1S/C12H14BrF2NO2S/c1-12(18,6-19-2)5-16-11(17)10-8(14)3-7(13)4-9(10)15/h3-4,18H,5-6H2,1-2H3,(H,16,17). The van der Waals surface area contributed by atoms with Crippen LogP contribution in [0, 0.1) is 11.6 Å². The lowest BCUT2D eigenvalue weighted by molar-refractivity contribution is 0.0720. The van der Waals surface area contributed by atoms with Crippen molar-refractivity contribution in [3.63, 3.8) is 0 Å². The van der Waals surface area contributed by atoms with Crippen LogP contribution in [-0.4, -0.2) is 35.2 Å². The van der Waals surface area contributed by atoms with Gasteiger partial charge in [-0.3, -0.25) is 4.79 Å². The van der Waals surface area contributed by atoms with Crippen LogP contribution in [-0.2, 0) is 0 Å². The topological polar surface area (TPSA) is 49.3 Å². The summed E-state index contributed by atoms with van der Waals surface area (Å²) in [6.45, 7) is 1.46. The van der Waals surface area contributed by atoms with Crippen LogP contribution in [0.1, 0.15) is 17.3 Å². The second-order valence-electron chi connectivity index (χ2n) is 4.36. The Hall–Kier alpha value is -0.660. The number of hydrogen-bond acceptors (Lipinski definition) is 3. The van der Waals surface area contributed by atoms with E-state index in [2.05, 4.69) is 21.2 Å². The van der Waals surface area contributed by atoms with Crippen LogP contribution in [0.2, 0.25) is 0 Å². The van der Waals surface area contributed by atoms with E-state index in [0.29, 0.717) is 5.75 Å². The van der Waals surface area contributed by atoms with Gasteiger partial charge in [0, 0.05) is 16.8 Å². The Morgan fingerprint density at radius 3 is 2.47 bits per heavy atom. The van der Waals surface area contributed by atoms with E-state index in [1.165, 1.54) is 18.7 Å². The van der Waals surface area contributed by atoms with Crippen molar-refractivity contribution in [2.75, 3.05) is 18.6 Å². The highest BCUT2D eigenvalue weighted by atomic mass is 79.9. The molecule has 1 amide bonds. The third-order valence-electron chi connectivity index (χ3n) is 2.32. The third-order valence-corrected chi connectivity index (χ3v) is 3.69. The van der Waals surface area contributed by atoms with E-state index in [1.54, 1.807) is 0 Å². The van der Waals surface area contributed by atoms with Gasteiger partial charge in [0.2, 0.25) is 0 Å². The van der Waals surface area contributed by atoms with E-state index in [1.807, 2.05) is 6.26 Å². The average Bonchev–Trinajstić information content (AvgIpc) is 2.25. The number of benzene rings is 1. The minimum absolute atomic E-state index is 0.0817. The number of halogens is 3. The molecule has 1 unspecified atom stereocenters. The summed E-state index contributed by atoms with van der Waals surface area (Å²) in [5, 5.41) is 12.2. The molecule has 0 radical (unpaired) electrons. The molecule has 1 atom stereocenters. The molecular weight excluding hydrogens is 340 g/mol. The molecule has 0 heterocycles. The SMILES string of the molecule is CSCC(C)(O)CNC(=O)c1c(F)cc(Br)cc1F. The molecule has 1 aromatic carbocycles. The van der Waals surface area contributed by atoms with Crippen molar-refractivity contribution in [1.82, 2.24) is 5.32 Å². The van der Waals surface area contributed by atoms with Crippen molar-refractivity contribution < 1.29 is 18.7 Å². The molecule has 2 N–H and O–H groups in total. The Labute approximate surface area is 122 Å². The van der Waals surface area contributed by atoms with Crippen molar-refractivity contribution in [2.24, 2.45) is 0 Å². The molecular formula is C12H14BrF2NO2S. The number of carbonyl (C=O) groups is 1. The summed E-state index contributed by atoms with van der Waals surface area (Å²) < 4.78 is 27.3. The van der Waals surface area contributed by atoms with Gasteiger partial charge in [0.25, 0.3) is 5.91 Å². The van der Waals surface area contributed by atoms with Crippen molar-refractivity contribution in [1.29, 1.82) is 0 Å². The van der Waals surface area contributed by atoms with Crippen LogP contribution in [0.3, 0.4) is 0 Å². The largest absolute Gasteiger partial charge is 0.387 e. The molecule has 0 aliphatic rings. The fourth-order valence-electron chi connectivity index (χ4n) is 1.48. The van der Waals surface area contributed by atoms with Gasteiger partial charge in [-0.05, 0) is 25.3 Å². The van der Waals surface area contributed by atoms with Crippen LogP contribution in [0.5, 0.6) is 0 Å². The van der Waals surface area contributed by atoms with E-state index in [0.717, 1.165) is 12.1 Å². The maximum absolute atomic E-state index is 13.5. The van der Waals surface area contributed by atoms with Gasteiger partial charge >= 0.3 is 0 Å². The minimum Gasteiger partial charge on any atom is -0.387 e. The number of thioether (sulfide) groups is 1. The van der Waals surface area contributed by atoms with Gasteiger partial charge in [0.1, 0.15) is 17.2 Å². The average molecular weight is 354 g/mol. The summed E-state index contributed by atoms with van der Waals surface area (Å²) >= 11 is 4.34. The summed E-state index contributed by atoms with van der Waals surface area (Å²) in [6.07, 6.45) is 1.81. The first-order valence-electron chi connectivity index (χ1n) is 5.41. The van der Waals surface area contributed by atoms with E-state index in [9.17, 15) is 18.7 Å². The normalized spacial score (nSPS) is 14.0. The number of hydrogen-bond donors (Lipinski definition) is 2. The molecule has 1 aromatic rings. The lowest BCUT2D eigenvalue weighted by Crippen LogP contribution is -2.42. The molecule has 0 aromatic heterocycles. The Morgan fingerprint density at radius 2 is 2.00 bits per heavy atom. The second-order valence-corrected chi connectivity index (χ2v) is 6.14. The third kappa shape index (κ3) is 4.74. The number of aliphatic hydroxyl groups is 1. The van der Waals surface area contributed by atoms with Crippen LogP contribution >= 0.6 is 27.7 Å². The molecule has 19 heavy (non-hydrogen) atoms. The zero-order valence-corrected chi connectivity index (χ0v) is 12.9. The van der Waals surface area contributed by atoms with Crippen LogP contribution < -0.4 is 5.32 Å². The Morgan fingerprint density at radius 1 is 1.47 bits per heavy atom. The molecule has 1 rings (SSSR count). The van der Waals surface area contributed by atoms with Crippen LogP contribution in [0.15, 0.2) is 16.6 Å². The van der Waals surface area contributed by atoms with Gasteiger partial charge in [-0.1, -0.05) is 15.9 Å². The number of carbonyl (C=O) groups excluding carboxylic acids is 1. The molecule has 0 saturated carbocycles. The lowest BCUT2D eigenvalue weighted by Gasteiger charge is -2.22. The highest BCUT2D eigenvalue weighted by molar-refractivity contribution is 9.10. The Bertz CT molecular complexity index is 460. The monoisotopic (exact) mass is 353 g/mol. The maximum atomic E-state index is 13.5. The van der Waals surface area contributed by atoms with E-state index < -0.39 is 28.7 Å². The van der Waals surface area contributed by atoms with Gasteiger partial charge in [-0.15, -0.1) is 0 Å². The maximum Gasteiger partial charge on any atom is 0.257 e. The Balaban J connectivity index is 2.80. The summed E-state index contributed by atoms with van der Waals surface area (Å²) in [4.78, 5) is 11.7.